The van der Waals surface area contributed by atoms with Crippen molar-refractivity contribution in [1.82, 2.24) is 24.3 Å². The summed E-state index contributed by atoms with van der Waals surface area (Å²) in [5.41, 5.74) is 3.90. The van der Waals surface area contributed by atoms with Crippen molar-refractivity contribution in [2.45, 2.75) is 13.7 Å². The van der Waals surface area contributed by atoms with E-state index in [-0.39, 0.29) is 5.82 Å². The molecule has 122 valence electrons. The van der Waals surface area contributed by atoms with Crippen LogP contribution in [0.3, 0.4) is 0 Å². The summed E-state index contributed by atoms with van der Waals surface area (Å²) in [6, 6.07) is 8.59. The first-order chi connectivity index (χ1) is 11.6. The van der Waals surface area contributed by atoms with Gasteiger partial charge >= 0.3 is 0 Å². The number of rotatable bonds is 3. The van der Waals surface area contributed by atoms with Gasteiger partial charge in [0.05, 0.1) is 16.9 Å². The number of halogens is 1. The number of aromatic nitrogens is 5. The SMILES string of the molecule is COCn1c(-c2nc3cc(C)nnc3n2C)cc2ccc(F)cc21. The lowest BCUT2D eigenvalue weighted by Gasteiger charge is -2.09. The van der Waals surface area contributed by atoms with Crippen molar-refractivity contribution >= 4 is 22.1 Å². The van der Waals surface area contributed by atoms with Gasteiger partial charge in [0.2, 0.25) is 0 Å². The number of nitrogens with zero attached hydrogens (tertiary/aromatic N) is 5. The van der Waals surface area contributed by atoms with Crippen molar-refractivity contribution in [3.05, 3.63) is 41.8 Å². The number of benzene rings is 1. The van der Waals surface area contributed by atoms with Gasteiger partial charge in [-0.05, 0) is 37.3 Å². The molecule has 0 aliphatic carbocycles. The fourth-order valence-electron chi connectivity index (χ4n) is 2.99. The van der Waals surface area contributed by atoms with Crippen LogP contribution in [0, 0.1) is 12.7 Å². The minimum absolute atomic E-state index is 0.281. The largest absolute Gasteiger partial charge is 0.364 e. The second kappa shape index (κ2) is 5.38. The van der Waals surface area contributed by atoms with Gasteiger partial charge in [-0.2, -0.15) is 5.10 Å². The minimum atomic E-state index is -0.281. The molecule has 0 fully saturated rings. The van der Waals surface area contributed by atoms with Crippen LogP contribution in [-0.4, -0.2) is 31.4 Å². The molecular weight excluding hydrogens is 309 g/mol. The fraction of sp³-hybridized carbons (Fsp3) is 0.235. The molecule has 0 radical (unpaired) electrons. The maximum atomic E-state index is 13.7. The summed E-state index contributed by atoms with van der Waals surface area (Å²) < 4.78 is 22.8. The highest BCUT2D eigenvalue weighted by atomic mass is 19.1. The molecule has 0 saturated heterocycles. The highest BCUT2D eigenvalue weighted by Gasteiger charge is 2.18. The van der Waals surface area contributed by atoms with Crippen LogP contribution in [0.4, 0.5) is 4.39 Å². The Bertz CT molecular complexity index is 1070. The molecule has 4 rings (SSSR count). The third-order valence-corrected chi connectivity index (χ3v) is 4.09. The van der Waals surface area contributed by atoms with Crippen LogP contribution in [0.5, 0.6) is 0 Å². The first-order valence-electron chi connectivity index (χ1n) is 7.53. The van der Waals surface area contributed by atoms with Crippen molar-refractivity contribution in [2.75, 3.05) is 7.11 Å². The minimum Gasteiger partial charge on any atom is -0.364 e. The van der Waals surface area contributed by atoms with E-state index in [2.05, 4.69) is 10.2 Å². The molecule has 0 saturated carbocycles. The third kappa shape index (κ3) is 2.16. The van der Waals surface area contributed by atoms with Gasteiger partial charge in [0.1, 0.15) is 18.1 Å². The first kappa shape index (κ1) is 14.8. The van der Waals surface area contributed by atoms with Gasteiger partial charge in [0, 0.05) is 19.5 Å². The summed E-state index contributed by atoms with van der Waals surface area (Å²) in [5, 5.41) is 9.24. The van der Waals surface area contributed by atoms with Crippen LogP contribution in [0.2, 0.25) is 0 Å². The Balaban J connectivity index is 2.02. The highest BCUT2D eigenvalue weighted by Crippen LogP contribution is 2.29. The molecule has 4 aromatic rings. The third-order valence-electron chi connectivity index (χ3n) is 4.09. The maximum absolute atomic E-state index is 13.7. The Morgan fingerprint density at radius 1 is 1.17 bits per heavy atom. The predicted octanol–water partition coefficient (Wildman–Crippen LogP) is 3.04. The number of methoxy groups -OCH3 is 1. The van der Waals surface area contributed by atoms with Crippen LogP contribution < -0.4 is 0 Å². The fourth-order valence-corrected chi connectivity index (χ4v) is 2.99. The van der Waals surface area contributed by atoms with E-state index < -0.39 is 0 Å². The van der Waals surface area contributed by atoms with Crippen LogP contribution >= 0.6 is 0 Å². The van der Waals surface area contributed by atoms with E-state index in [1.165, 1.54) is 12.1 Å². The van der Waals surface area contributed by atoms with Crippen LogP contribution in [-0.2, 0) is 18.5 Å². The monoisotopic (exact) mass is 325 g/mol. The number of fused-ring (bicyclic) bond motifs is 2. The van der Waals surface area contributed by atoms with E-state index in [4.69, 9.17) is 9.72 Å². The summed E-state index contributed by atoms with van der Waals surface area (Å²) in [6.45, 7) is 2.18. The standard InChI is InChI=1S/C17H16FN5O/c1-10-6-13-16(21-20-10)22(2)17(19-13)15-7-11-4-5-12(18)8-14(11)23(15)9-24-3/h4-8H,9H2,1-3H3. The topological polar surface area (TPSA) is 57.8 Å². The molecule has 0 N–H and O–H groups in total. The summed E-state index contributed by atoms with van der Waals surface area (Å²) in [5.74, 6) is 0.453. The highest BCUT2D eigenvalue weighted by molar-refractivity contribution is 5.87. The Kier molecular flexibility index (Phi) is 3.31. The summed E-state index contributed by atoms with van der Waals surface area (Å²) in [6.07, 6.45) is 0. The number of aryl methyl sites for hydroxylation is 2. The van der Waals surface area contributed by atoms with E-state index in [1.807, 2.05) is 35.2 Å². The maximum Gasteiger partial charge on any atom is 0.182 e. The smallest absolute Gasteiger partial charge is 0.182 e. The normalized spacial score (nSPS) is 11.7. The Hall–Kier alpha value is -2.80. The Labute approximate surface area is 137 Å². The number of hydrogen-bond acceptors (Lipinski definition) is 4. The zero-order valence-electron chi connectivity index (χ0n) is 13.6. The number of hydrogen-bond donors (Lipinski definition) is 0. The molecule has 3 heterocycles. The van der Waals surface area contributed by atoms with Gasteiger partial charge in [-0.25, -0.2) is 9.37 Å². The van der Waals surface area contributed by atoms with Gasteiger partial charge in [-0.15, -0.1) is 5.10 Å². The van der Waals surface area contributed by atoms with Crippen molar-refractivity contribution in [3.63, 3.8) is 0 Å². The van der Waals surface area contributed by atoms with E-state index >= 15 is 0 Å². The zero-order chi connectivity index (χ0) is 16.8. The Morgan fingerprint density at radius 3 is 2.79 bits per heavy atom. The van der Waals surface area contributed by atoms with E-state index in [0.717, 1.165) is 33.6 Å². The van der Waals surface area contributed by atoms with E-state index in [0.29, 0.717) is 12.4 Å². The van der Waals surface area contributed by atoms with Gasteiger partial charge in [0.15, 0.2) is 11.5 Å². The summed E-state index contributed by atoms with van der Waals surface area (Å²) >= 11 is 0. The molecule has 0 bridgehead atoms. The quantitative estimate of drug-likeness (QED) is 0.581. The second-order valence-corrected chi connectivity index (χ2v) is 5.77. The molecule has 3 aromatic heterocycles. The lowest BCUT2D eigenvalue weighted by atomic mass is 10.2. The Morgan fingerprint density at radius 2 is 2.00 bits per heavy atom. The van der Waals surface area contributed by atoms with Gasteiger partial charge < -0.3 is 13.9 Å². The molecule has 1 aromatic carbocycles. The molecule has 0 atom stereocenters. The van der Waals surface area contributed by atoms with Gasteiger partial charge in [-0.3, -0.25) is 0 Å². The van der Waals surface area contributed by atoms with Crippen molar-refractivity contribution in [2.24, 2.45) is 7.05 Å². The number of ether oxygens (including phenoxy) is 1. The summed E-state index contributed by atoms with van der Waals surface area (Å²) in [7, 11) is 3.50. The second-order valence-electron chi connectivity index (χ2n) is 5.77. The molecule has 0 spiro atoms. The van der Waals surface area contributed by atoms with E-state index in [1.54, 1.807) is 13.2 Å². The number of imidazole rings is 1. The molecule has 24 heavy (non-hydrogen) atoms. The summed E-state index contributed by atoms with van der Waals surface area (Å²) in [4.78, 5) is 4.69. The molecule has 0 aliphatic heterocycles. The zero-order valence-corrected chi connectivity index (χ0v) is 13.6. The molecule has 0 amide bonds. The average Bonchev–Trinajstić information content (AvgIpc) is 3.06. The van der Waals surface area contributed by atoms with Gasteiger partial charge in [-0.1, -0.05) is 0 Å². The van der Waals surface area contributed by atoms with Crippen LogP contribution in [0.25, 0.3) is 33.6 Å². The van der Waals surface area contributed by atoms with E-state index in [9.17, 15) is 4.39 Å². The molecule has 0 unspecified atom stereocenters. The molecule has 7 heteroatoms. The first-order valence-corrected chi connectivity index (χ1v) is 7.53. The predicted molar refractivity (Wildman–Crippen MR) is 88.9 cm³/mol. The molecule has 6 nitrogen and oxygen atoms in total. The van der Waals surface area contributed by atoms with Gasteiger partial charge in [0.25, 0.3) is 0 Å². The van der Waals surface area contributed by atoms with Crippen molar-refractivity contribution < 1.29 is 9.13 Å². The average molecular weight is 325 g/mol. The lowest BCUT2D eigenvalue weighted by Crippen LogP contribution is -2.05. The van der Waals surface area contributed by atoms with Crippen molar-refractivity contribution in [1.29, 1.82) is 0 Å². The molecule has 0 aliphatic rings. The van der Waals surface area contributed by atoms with Crippen LogP contribution in [0.15, 0.2) is 30.3 Å². The molecular formula is C17H16FN5O. The van der Waals surface area contributed by atoms with Crippen molar-refractivity contribution in [3.8, 4) is 11.5 Å². The van der Waals surface area contributed by atoms with Crippen LogP contribution in [0.1, 0.15) is 5.69 Å². The lowest BCUT2D eigenvalue weighted by molar-refractivity contribution is 0.136.